The van der Waals surface area contributed by atoms with Gasteiger partial charge >= 0.3 is 11.7 Å². The Morgan fingerprint density at radius 2 is 1.84 bits per heavy atom. The molecule has 0 radical (unpaired) electrons. The second-order valence-electron chi connectivity index (χ2n) is 7.88. The van der Waals surface area contributed by atoms with E-state index < -0.39 is 23.8 Å². The lowest BCUT2D eigenvalue weighted by molar-refractivity contribution is -0.143. The van der Waals surface area contributed by atoms with Gasteiger partial charge in [0.25, 0.3) is 5.56 Å². The minimum atomic E-state index is -0.631. The number of benzene rings is 1. The molecule has 10 heteroatoms. The molecule has 0 aliphatic carbocycles. The molecule has 0 fully saturated rings. The van der Waals surface area contributed by atoms with Crippen molar-refractivity contribution in [2.45, 2.75) is 33.9 Å². The first-order valence-corrected chi connectivity index (χ1v) is 10.7. The number of nitrogens with zero attached hydrogens (tertiary/aromatic N) is 5. The number of hydrogen-bond acceptors (Lipinski definition) is 7. The van der Waals surface area contributed by atoms with Gasteiger partial charge in [-0.2, -0.15) is 4.98 Å². The molecule has 1 atom stereocenters. The van der Waals surface area contributed by atoms with E-state index in [1.165, 1.54) is 4.57 Å². The molecule has 0 unspecified atom stereocenters. The number of esters is 1. The van der Waals surface area contributed by atoms with Gasteiger partial charge in [-0.3, -0.25) is 14.2 Å². The van der Waals surface area contributed by atoms with E-state index in [0.29, 0.717) is 36.8 Å². The Bertz CT molecular complexity index is 1270. The summed E-state index contributed by atoms with van der Waals surface area (Å²) in [4.78, 5) is 44.8. The predicted octanol–water partition coefficient (Wildman–Crippen LogP) is 1.65. The maximum Gasteiger partial charge on any atom is 0.333 e. The van der Waals surface area contributed by atoms with Crippen molar-refractivity contribution in [1.29, 1.82) is 0 Å². The molecule has 0 saturated carbocycles. The van der Waals surface area contributed by atoms with Crippen LogP contribution in [0.25, 0.3) is 11.2 Å². The van der Waals surface area contributed by atoms with Gasteiger partial charge in [0.15, 0.2) is 11.2 Å². The molecule has 0 saturated heterocycles. The quantitative estimate of drug-likeness (QED) is 0.536. The SMILES string of the molecule is CCOC(=O)Cn1c(=O)c2c(nc3n2C[C@@H](C)CN3c2ccc(OCC)cc2)n(C)c1=O. The summed E-state index contributed by atoms with van der Waals surface area (Å²) in [5, 5.41) is 0. The number of carbonyl (C=O) groups excluding carboxylic acids is 1. The largest absolute Gasteiger partial charge is 0.494 e. The van der Waals surface area contributed by atoms with Crippen molar-refractivity contribution in [1.82, 2.24) is 18.7 Å². The van der Waals surface area contributed by atoms with E-state index in [-0.39, 0.29) is 12.5 Å². The Kier molecular flexibility index (Phi) is 5.77. The summed E-state index contributed by atoms with van der Waals surface area (Å²) >= 11 is 0. The topological polar surface area (TPSA) is 101 Å². The third-order valence-corrected chi connectivity index (χ3v) is 5.49. The first kappa shape index (κ1) is 21.7. The second kappa shape index (κ2) is 8.52. The Morgan fingerprint density at radius 3 is 2.50 bits per heavy atom. The maximum absolute atomic E-state index is 13.3. The van der Waals surface area contributed by atoms with Gasteiger partial charge in [-0.1, -0.05) is 6.92 Å². The second-order valence-corrected chi connectivity index (χ2v) is 7.88. The fourth-order valence-electron chi connectivity index (χ4n) is 4.09. The van der Waals surface area contributed by atoms with Crippen molar-refractivity contribution in [3.8, 4) is 5.75 Å². The van der Waals surface area contributed by atoms with Gasteiger partial charge in [-0.05, 0) is 44.0 Å². The summed E-state index contributed by atoms with van der Waals surface area (Å²) in [5.41, 5.74) is 0.352. The van der Waals surface area contributed by atoms with Crippen LogP contribution in [-0.2, 0) is 29.7 Å². The highest BCUT2D eigenvalue weighted by molar-refractivity contribution is 5.77. The highest BCUT2D eigenvalue weighted by atomic mass is 16.5. The van der Waals surface area contributed by atoms with E-state index in [1.54, 1.807) is 14.0 Å². The van der Waals surface area contributed by atoms with Gasteiger partial charge in [-0.15, -0.1) is 0 Å². The minimum absolute atomic E-state index is 0.173. The zero-order valence-corrected chi connectivity index (χ0v) is 18.7. The van der Waals surface area contributed by atoms with E-state index in [1.807, 2.05) is 40.7 Å². The lowest BCUT2D eigenvalue weighted by Gasteiger charge is -2.33. The van der Waals surface area contributed by atoms with E-state index in [9.17, 15) is 14.4 Å². The number of hydrogen-bond donors (Lipinski definition) is 0. The molecular weight excluding hydrogens is 414 g/mol. The van der Waals surface area contributed by atoms with Crippen molar-refractivity contribution < 1.29 is 14.3 Å². The molecule has 1 aliphatic rings. The van der Waals surface area contributed by atoms with Crippen LogP contribution < -0.4 is 20.9 Å². The molecule has 32 heavy (non-hydrogen) atoms. The van der Waals surface area contributed by atoms with Crippen LogP contribution in [0.5, 0.6) is 5.75 Å². The summed E-state index contributed by atoms with van der Waals surface area (Å²) in [7, 11) is 1.55. The number of anilines is 2. The van der Waals surface area contributed by atoms with Crippen molar-refractivity contribution in [2.75, 3.05) is 24.7 Å². The molecule has 2 aromatic heterocycles. The Balaban J connectivity index is 1.87. The molecule has 1 aliphatic heterocycles. The van der Waals surface area contributed by atoms with Crippen LogP contribution in [0.15, 0.2) is 33.9 Å². The maximum atomic E-state index is 13.3. The van der Waals surface area contributed by atoms with E-state index >= 15 is 0 Å². The zero-order chi connectivity index (χ0) is 23.0. The summed E-state index contributed by atoms with van der Waals surface area (Å²) < 4.78 is 14.5. The van der Waals surface area contributed by atoms with Gasteiger partial charge in [0.05, 0.1) is 13.2 Å². The van der Waals surface area contributed by atoms with Crippen LogP contribution in [0.1, 0.15) is 20.8 Å². The van der Waals surface area contributed by atoms with E-state index in [2.05, 4.69) is 11.9 Å². The number of imidazole rings is 1. The fourth-order valence-corrected chi connectivity index (χ4v) is 4.09. The first-order valence-electron chi connectivity index (χ1n) is 10.7. The summed E-state index contributed by atoms with van der Waals surface area (Å²) in [5.74, 6) is 0.956. The van der Waals surface area contributed by atoms with Crippen LogP contribution in [0, 0.1) is 5.92 Å². The van der Waals surface area contributed by atoms with E-state index in [4.69, 9.17) is 9.47 Å². The summed E-state index contributed by atoms with van der Waals surface area (Å²) in [6.45, 7) is 7.31. The summed E-state index contributed by atoms with van der Waals surface area (Å²) in [6.07, 6.45) is 0. The number of aromatic nitrogens is 4. The smallest absolute Gasteiger partial charge is 0.333 e. The number of rotatable bonds is 6. The van der Waals surface area contributed by atoms with Crippen LogP contribution in [-0.4, -0.2) is 44.4 Å². The van der Waals surface area contributed by atoms with Crippen molar-refractivity contribution in [3.63, 3.8) is 0 Å². The van der Waals surface area contributed by atoms with Gasteiger partial charge in [0.1, 0.15) is 12.3 Å². The molecule has 0 N–H and O–H groups in total. The normalized spacial score (nSPS) is 15.6. The molecule has 3 heterocycles. The average Bonchev–Trinajstić information content (AvgIpc) is 3.15. The molecular formula is C22H27N5O5. The molecule has 1 aromatic carbocycles. The van der Waals surface area contributed by atoms with Gasteiger partial charge in [0.2, 0.25) is 5.95 Å². The standard InChI is InChI=1S/C22H27N5O5/c1-5-31-16-9-7-15(8-10-16)25-11-14(3)12-26-18-19(23-21(25)26)24(4)22(30)27(20(18)29)13-17(28)32-6-2/h7-10,14H,5-6,11-13H2,1-4H3/t14-/m0/s1. The molecule has 0 bridgehead atoms. The highest BCUT2D eigenvalue weighted by Crippen LogP contribution is 2.33. The first-order chi connectivity index (χ1) is 15.3. The lowest BCUT2D eigenvalue weighted by atomic mass is 10.1. The third kappa shape index (κ3) is 3.65. The lowest BCUT2D eigenvalue weighted by Crippen LogP contribution is -2.42. The van der Waals surface area contributed by atoms with Crippen LogP contribution in [0.3, 0.4) is 0 Å². The number of aryl methyl sites for hydroxylation is 1. The molecule has 3 aromatic rings. The number of ether oxygens (including phenoxy) is 2. The number of carbonyl (C=O) groups is 1. The zero-order valence-electron chi connectivity index (χ0n) is 18.7. The van der Waals surface area contributed by atoms with Crippen molar-refractivity contribution in [2.24, 2.45) is 13.0 Å². The van der Waals surface area contributed by atoms with Crippen molar-refractivity contribution >= 4 is 28.8 Å². The van der Waals surface area contributed by atoms with Gasteiger partial charge in [0, 0.05) is 25.8 Å². The molecule has 0 amide bonds. The predicted molar refractivity (Wildman–Crippen MR) is 120 cm³/mol. The average molecular weight is 441 g/mol. The van der Waals surface area contributed by atoms with Crippen LogP contribution in [0.2, 0.25) is 0 Å². The molecule has 4 rings (SSSR count). The van der Waals surface area contributed by atoms with Crippen LogP contribution in [0.4, 0.5) is 11.6 Å². The third-order valence-electron chi connectivity index (χ3n) is 5.49. The fraction of sp³-hybridized carbons (Fsp3) is 0.455. The van der Waals surface area contributed by atoms with Crippen molar-refractivity contribution in [3.05, 3.63) is 45.1 Å². The Morgan fingerprint density at radius 1 is 1.12 bits per heavy atom. The van der Waals surface area contributed by atoms with Crippen LogP contribution >= 0.6 is 0 Å². The highest BCUT2D eigenvalue weighted by Gasteiger charge is 2.30. The minimum Gasteiger partial charge on any atom is -0.494 e. The molecule has 0 spiro atoms. The van der Waals surface area contributed by atoms with E-state index in [0.717, 1.165) is 16.0 Å². The summed E-state index contributed by atoms with van der Waals surface area (Å²) in [6, 6.07) is 7.69. The monoisotopic (exact) mass is 441 g/mol. The Labute approximate surface area is 184 Å². The van der Waals surface area contributed by atoms with Gasteiger partial charge in [-0.25, -0.2) is 9.36 Å². The molecule has 170 valence electrons. The molecule has 10 nitrogen and oxygen atoms in total. The number of fused-ring (bicyclic) bond motifs is 3. The van der Waals surface area contributed by atoms with Gasteiger partial charge < -0.3 is 18.9 Å². The Hall–Kier alpha value is -3.56.